The van der Waals surface area contributed by atoms with Gasteiger partial charge in [0.15, 0.2) is 11.5 Å². The van der Waals surface area contributed by atoms with Crippen LogP contribution in [0.4, 0.5) is 10.5 Å². The van der Waals surface area contributed by atoms with Gasteiger partial charge < -0.3 is 14.8 Å². The summed E-state index contributed by atoms with van der Waals surface area (Å²) in [7, 11) is 0. The number of benzene rings is 2. The lowest BCUT2D eigenvalue weighted by Crippen LogP contribution is -2.36. The van der Waals surface area contributed by atoms with Crippen molar-refractivity contribution in [3.63, 3.8) is 0 Å². The van der Waals surface area contributed by atoms with Crippen LogP contribution in [0.25, 0.3) is 6.08 Å². The van der Waals surface area contributed by atoms with E-state index in [0.717, 1.165) is 27.8 Å². The molecule has 1 aliphatic rings. The van der Waals surface area contributed by atoms with Gasteiger partial charge in [0.25, 0.3) is 11.1 Å². The van der Waals surface area contributed by atoms with Crippen LogP contribution in [-0.4, -0.2) is 41.2 Å². The first kappa shape index (κ1) is 24.4. The molecule has 8 heteroatoms. The van der Waals surface area contributed by atoms with Gasteiger partial charge in [-0.1, -0.05) is 24.3 Å². The number of anilines is 1. The highest BCUT2D eigenvalue weighted by Gasteiger charge is 2.36. The van der Waals surface area contributed by atoms with E-state index < -0.39 is 17.1 Å². The standard InChI is InChI=1S/C25H28N2O5S/c1-6-31-20-12-18(10-11-19(20)32-15(2)3)13-21-24(29)27(25(30)33-21)14-22(28)26-23-16(4)8-7-9-17(23)5/h7-13,15H,6,14H2,1-5H3,(H,26,28)/b21-13+. The van der Waals surface area contributed by atoms with Crippen molar-refractivity contribution in [1.82, 2.24) is 4.90 Å². The van der Waals surface area contributed by atoms with Crippen LogP contribution in [0.2, 0.25) is 0 Å². The number of hydrogen-bond donors (Lipinski definition) is 1. The summed E-state index contributed by atoms with van der Waals surface area (Å²) >= 11 is 0.812. The van der Waals surface area contributed by atoms with Crippen molar-refractivity contribution in [2.75, 3.05) is 18.5 Å². The minimum absolute atomic E-state index is 0.0128. The smallest absolute Gasteiger partial charge is 0.294 e. The maximum absolute atomic E-state index is 12.8. The number of hydrogen-bond acceptors (Lipinski definition) is 6. The Labute approximate surface area is 198 Å². The summed E-state index contributed by atoms with van der Waals surface area (Å²) in [5.74, 6) is 0.249. The molecule has 1 saturated heterocycles. The van der Waals surface area contributed by atoms with Crippen molar-refractivity contribution in [3.05, 3.63) is 58.0 Å². The van der Waals surface area contributed by atoms with Crippen LogP contribution >= 0.6 is 11.8 Å². The summed E-state index contributed by atoms with van der Waals surface area (Å²) in [5, 5.41) is 2.33. The normalized spacial score (nSPS) is 14.8. The molecule has 2 aromatic rings. The number of para-hydroxylation sites is 1. The van der Waals surface area contributed by atoms with Gasteiger partial charge in [0.05, 0.1) is 17.6 Å². The number of ether oxygens (including phenoxy) is 2. The minimum atomic E-state index is -0.498. The van der Waals surface area contributed by atoms with Gasteiger partial charge in [0.2, 0.25) is 5.91 Å². The van der Waals surface area contributed by atoms with Crippen LogP contribution in [0.3, 0.4) is 0 Å². The highest BCUT2D eigenvalue weighted by Crippen LogP contribution is 2.35. The van der Waals surface area contributed by atoms with Gasteiger partial charge in [0, 0.05) is 5.69 Å². The molecule has 0 spiro atoms. The zero-order chi connectivity index (χ0) is 24.1. The zero-order valence-electron chi connectivity index (χ0n) is 19.4. The lowest BCUT2D eigenvalue weighted by molar-refractivity contribution is -0.127. The molecule has 0 radical (unpaired) electrons. The molecule has 0 aliphatic carbocycles. The van der Waals surface area contributed by atoms with Crippen LogP contribution < -0.4 is 14.8 Å². The average molecular weight is 469 g/mol. The van der Waals surface area contributed by atoms with E-state index >= 15 is 0 Å². The topological polar surface area (TPSA) is 84.9 Å². The molecular formula is C25H28N2O5S. The van der Waals surface area contributed by atoms with Gasteiger partial charge >= 0.3 is 0 Å². The van der Waals surface area contributed by atoms with E-state index in [-0.39, 0.29) is 17.6 Å². The van der Waals surface area contributed by atoms with Crippen LogP contribution in [0.1, 0.15) is 37.5 Å². The van der Waals surface area contributed by atoms with Gasteiger partial charge in [-0.05, 0) is 81.3 Å². The van der Waals surface area contributed by atoms with E-state index in [1.807, 2.05) is 52.8 Å². The molecule has 3 rings (SSSR count). The summed E-state index contributed by atoms with van der Waals surface area (Å²) in [6.45, 7) is 9.62. The number of carbonyl (C=O) groups is 3. The third-order valence-electron chi connectivity index (χ3n) is 4.85. The molecule has 0 atom stereocenters. The van der Waals surface area contributed by atoms with E-state index in [4.69, 9.17) is 9.47 Å². The van der Waals surface area contributed by atoms with Crippen LogP contribution in [-0.2, 0) is 9.59 Å². The van der Waals surface area contributed by atoms with Crippen molar-refractivity contribution in [3.8, 4) is 11.5 Å². The lowest BCUT2D eigenvalue weighted by Gasteiger charge is -2.15. The Morgan fingerprint density at radius 3 is 2.45 bits per heavy atom. The second-order valence-electron chi connectivity index (χ2n) is 7.89. The highest BCUT2D eigenvalue weighted by atomic mass is 32.2. The van der Waals surface area contributed by atoms with Crippen LogP contribution in [0, 0.1) is 13.8 Å². The van der Waals surface area contributed by atoms with Crippen molar-refractivity contribution in [1.29, 1.82) is 0 Å². The van der Waals surface area contributed by atoms with E-state index in [1.54, 1.807) is 24.3 Å². The number of amides is 3. The fraction of sp³-hybridized carbons (Fsp3) is 0.320. The molecule has 0 aromatic heterocycles. The SMILES string of the molecule is CCOc1cc(/C=C2/SC(=O)N(CC(=O)Nc3c(C)cccc3C)C2=O)ccc1OC(C)C. The summed E-state index contributed by atoms with van der Waals surface area (Å²) < 4.78 is 11.4. The first-order chi connectivity index (χ1) is 15.7. The molecule has 33 heavy (non-hydrogen) atoms. The first-order valence-electron chi connectivity index (χ1n) is 10.7. The van der Waals surface area contributed by atoms with Crippen molar-refractivity contribution in [2.45, 2.75) is 40.7 Å². The predicted octanol–water partition coefficient (Wildman–Crippen LogP) is 5.16. The third-order valence-corrected chi connectivity index (χ3v) is 5.76. The Bertz CT molecular complexity index is 1090. The summed E-state index contributed by atoms with van der Waals surface area (Å²) in [4.78, 5) is 39.1. The molecule has 1 aliphatic heterocycles. The Hall–Kier alpha value is -3.26. The number of nitrogens with zero attached hydrogens (tertiary/aromatic N) is 1. The largest absolute Gasteiger partial charge is 0.490 e. The number of thioether (sulfide) groups is 1. The van der Waals surface area contributed by atoms with Gasteiger partial charge in [0.1, 0.15) is 6.54 Å². The molecule has 1 heterocycles. The number of aryl methyl sites for hydroxylation is 2. The average Bonchev–Trinajstić information content (AvgIpc) is 3.00. The second-order valence-corrected chi connectivity index (χ2v) is 8.88. The zero-order valence-corrected chi connectivity index (χ0v) is 20.2. The Balaban J connectivity index is 1.75. The summed E-state index contributed by atoms with van der Waals surface area (Å²) in [6, 6.07) is 11.0. The van der Waals surface area contributed by atoms with Crippen molar-refractivity contribution < 1.29 is 23.9 Å². The number of imide groups is 1. The minimum Gasteiger partial charge on any atom is -0.490 e. The molecule has 174 valence electrons. The fourth-order valence-corrected chi connectivity index (χ4v) is 4.19. The molecule has 0 unspecified atom stereocenters. The first-order valence-corrected chi connectivity index (χ1v) is 11.6. The lowest BCUT2D eigenvalue weighted by atomic mass is 10.1. The second kappa shape index (κ2) is 10.6. The van der Waals surface area contributed by atoms with Crippen LogP contribution in [0.5, 0.6) is 11.5 Å². The van der Waals surface area contributed by atoms with Gasteiger partial charge in [-0.25, -0.2) is 0 Å². The van der Waals surface area contributed by atoms with Gasteiger partial charge in [-0.3, -0.25) is 19.3 Å². The van der Waals surface area contributed by atoms with Gasteiger partial charge in [-0.15, -0.1) is 0 Å². The van der Waals surface area contributed by atoms with E-state index in [2.05, 4.69) is 5.32 Å². The van der Waals surface area contributed by atoms with E-state index in [9.17, 15) is 14.4 Å². The predicted molar refractivity (Wildman–Crippen MR) is 131 cm³/mol. The van der Waals surface area contributed by atoms with E-state index in [1.165, 1.54) is 0 Å². The molecule has 7 nitrogen and oxygen atoms in total. The summed E-state index contributed by atoms with van der Waals surface area (Å²) in [6.07, 6.45) is 1.61. The van der Waals surface area contributed by atoms with E-state index in [0.29, 0.717) is 29.4 Å². The fourth-order valence-electron chi connectivity index (χ4n) is 3.36. The highest BCUT2D eigenvalue weighted by molar-refractivity contribution is 8.18. The number of rotatable bonds is 8. The molecule has 1 N–H and O–H groups in total. The maximum atomic E-state index is 12.8. The summed E-state index contributed by atoms with van der Waals surface area (Å²) in [5.41, 5.74) is 3.21. The maximum Gasteiger partial charge on any atom is 0.294 e. The monoisotopic (exact) mass is 468 g/mol. The molecule has 3 amide bonds. The molecule has 0 saturated carbocycles. The van der Waals surface area contributed by atoms with Crippen molar-refractivity contribution >= 4 is 40.6 Å². The molecule has 2 aromatic carbocycles. The van der Waals surface area contributed by atoms with Crippen molar-refractivity contribution in [2.24, 2.45) is 0 Å². The number of nitrogens with one attached hydrogen (secondary N) is 1. The molecule has 0 bridgehead atoms. The molecular weight excluding hydrogens is 440 g/mol. The number of carbonyl (C=O) groups excluding carboxylic acids is 3. The Kier molecular flexibility index (Phi) is 7.81. The molecule has 1 fully saturated rings. The van der Waals surface area contributed by atoms with Crippen LogP contribution in [0.15, 0.2) is 41.3 Å². The Morgan fingerprint density at radius 1 is 1.12 bits per heavy atom. The third kappa shape index (κ3) is 5.96. The van der Waals surface area contributed by atoms with Gasteiger partial charge in [-0.2, -0.15) is 0 Å². The quantitative estimate of drug-likeness (QED) is 0.539. The Morgan fingerprint density at radius 2 is 1.82 bits per heavy atom.